The number of nitrogens with zero attached hydrogens (tertiary/aromatic N) is 2. The Hall–Kier alpha value is -3.41. The predicted molar refractivity (Wildman–Crippen MR) is 156 cm³/mol. The quantitative estimate of drug-likeness (QED) is 0.123. The van der Waals surface area contributed by atoms with E-state index in [1.165, 1.54) is 18.1 Å². The summed E-state index contributed by atoms with van der Waals surface area (Å²) in [6.07, 6.45) is 36.4. The van der Waals surface area contributed by atoms with E-state index in [9.17, 15) is 14.4 Å². The third-order valence-electron chi connectivity index (χ3n) is 6.02. The van der Waals surface area contributed by atoms with Crippen LogP contribution in [0.3, 0.4) is 0 Å². The summed E-state index contributed by atoms with van der Waals surface area (Å²) in [5.74, 6) is -0.858. The Balaban J connectivity index is 2.21. The number of carbonyl (C=O) groups excluding carboxylic acids is 3. The van der Waals surface area contributed by atoms with E-state index in [-0.39, 0.29) is 18.0 Å². The topological polar surface area (TPSA) is 66.9 Å². The molecule has 208 valence electrons. The molecule has 0 aliphatic carbocycles. The van der Waals surface area contributed by atoms with Crippen molar-refractivity contribution in [3.05, 3.63) is 85.1 Å². The van der Waals surface area contributed by atoms with Crippen LogP contribution >= 0.6 is 0 Å². The van der Waals surface area contributed by atoms with Gasteiger partial charge in [-0.25, -0.2) is 4.79 Å². The smallest absolute Gasteiger partial charge is 0.330 e. The first-order valence-electron chi connectivity index (χ1n) is 13.7. The molecule has 0 saturated carbocycles. The molecule has 0 bridgehead atoms. The molecule has 0 aromatic carbocycles. The van der Waals surface area contributed by atoms with Gasteiger partial charge in [0.05, 0.1) is 7.11 Å². The molecule has 0 spiro atoms. The molecule has 1 saturated heterocycles. The highest BCUT2D eigenvalue weighted by Gasteiger charge is 2.32. The molecule has 1 atom stereocenters. The molecule has 1 fully saturated rings. The Labute approximate surface area is 229 Å². The standard InChI is InChI=1S/C32H46N2O4/c1-4-5-6-7-8-9-10-11-12-13-14-15-16-17-18-19-20-21-22-25-31(36)34-28-23-24-29(34)33(2)30(35)26-27-32(37)38-3/h5-6,8-9,11-12,14-15,17-18,20-21,26-27,29H,4,7,10,13,16,19,22-25,28H2,1-3H3. The number of methoxy groups -OCH3 is 1. The maximum Gasteiger partial charge on any atom is 0.330 e. The minimum atomic E-state index is -0.581. The average molecular weight is 523 g/mol. The molecule has 6 nitrogen and oxygen atoms in total. The van der Waals surface area contributed by atoms with Crippen LogP contribution in [-0.4, -0.2) is 54.5 Å². The minimum absolute atomic E-state index is 0.0450. The van der Waals surface area contributed by atoms with Gasteiger partial charge in [0.15, 0.2) is 0 Å². The highest BCUT2D eigenvalue weighted by Crippen LogP contribution is 2.21. The number of allylic oxidation sites excluding steroid dienone is 12. The monoisotopic (exact) mass is 522 g/mol. The lowest BCUT2D eigenvalue weighted by Gasteiger charge is -2.32. The van der Waals surface area contributed by atoms with Crippen LogP contribution in [-0.2, 0) is 19.1 Å². The van der Waals surface area contributed by atoms with Crippen LogP contribution in [0.25, 0.3) is 0 Å². The average Bonchev–Trinajstić information content (AvgIpc) is 3.42. The first-order valence-corrected chi connectivity index (χ1v) is 13.7. The van der Waals surface area contributed by atoms with Gasteiger partial charge in [0.1, 0.15) is 6.17 Å². The van der Waals surface area contributed by atoms with Gasteiger partial charge in [0.25, 0.3) is 0 Å². The second-order valence-electron chi connectivity index (χ2n) is 8.97. The zero-order valence-electron chi connectivity index (χ0n) is 23.5. The first kappa shape index (κ1) is 32.6. The summed E-state index contributed by atoms with van der Waals surface area (Å²) in [5.41, 5.74) is 0. The summed E-state index contributed by atoms with van der Waals surface area (Å²) in [6, 6.07) is 0. The number of hydrogen-bond donors (Lipinski definition) is 0. The number of likely N-dealkylation sites (N-methyl/N-ethyl adjacent to an activating group) is 1. The van der Waals surface area contributed by atoms with Crippen LogP contribution in [0, 0.1) is 0 Å². The van der Waals surface area contributed by atoms with Gasteiger partial charge in [0, 0.05) is 32.2 Å². The molecule has 6 heteroatoms. The molecule has 0 N–H and O–H groups in total. The number of likely N-dealkylation sites (tertiary alicyclic amines) is 1. The highest BCUT2D eigenvalue weighted by atomic mass is 16.5. The van der Waals surface area contributed by atoms with Gasteiger partial charge in [-0.3, -0.25) is 9.59 Å². The number of rotatable bonds is 17. The van der Waals surface area contributed by atoms with E-state index < -0.39 is 5.97 Å². The van der Waals surface area contributed by atoms with Crippen LogP contribution in [0.4, 0.5) is 0 Å². The van der Waals surface area contributed by atoms with Crippen molar-refractivity contribution in [3.63, 3.8) is 0 Å². The van der Waals surface area contributed by atoms with Crippen molar-refractivity contribution in [2.24, 2.45) is 0 Å². The summed E-state index contributed by atoms with van der Waals surface area (Å²) >= 11 is 0. The van der Waals surface area contributed by atoms with Gasteiger partial charge < -0.3 is 14.5 Å². The van der Waals surface area contributed by atoms with Gasteiger partial charge in [-0.1, -0.05) is 79.8 Å². The fourth-order valence-corrected chi connectivity index (χ4v) is 3.90. The Morgan fingerprint density at radius 2 is 1.29 bits per heavy atom. The lowest BCUT2D eigenvalue weighted by Crippen LogP contribution is -2.47. The highest BCUT2D eigenvalue weighted by molar-refractivity contribution is 5.94. The number of hydrogen-bond acceptors (Lipinski definition) is 4. The van der Waals surface area contributed by atoms with Crippen LogP contribution in [0.15, 0.2) is 85.1 Å². The molecule has 1 heterocycles. The Morgan fingerprint density at radius 1 is 0.789 bits per heavy atom. The Kier molecular flexibility index (Phi) is 18.6. The van der Waals surface area contributed by atoms with E-state index in [1.54, 1.807) is 11.9 Å². The third-order valence-corrected chi connectivity index (χ3v) is 6.02. The maximum atomic E-state index is 12.7. The second-order valence-corrected chi connectivity index (χ2v) is 8.97. The Morgan fingerprint density at radius 3 is 1.79 bits per heavy atom. The summed E-state index contributed by atoms with van der Waals surface area (Å²) in [5, 5.41) is 0. The molecule has 38 heavy (non-hydrogen) atoms. The summed E-state index contributed by atoms with van der Waals surface area (Å²) in [6.45, 7) is 2.79. The van der Waals surface area contributed by atoms with Crippen molar-refractivity contribution < 1.29 is 19.1 Å². The lowest BCUT2D eigenvalue weighted by molar-refractivity contribution is -0.140. The fraction of sp³-hybridized carbons (Fsp3) is 0.469. The molecule has 1 aliphatic heterocycles. The largest absolute Gasteiger partial charge is 0.466 e. The van der Waals surface area contributed by atoms with Gasteiger partial charge in [-0.15, -0.1) is 0 Å². The van der Waals surface area contributed by atoms with E-state index in [4.69, 9.17) is 0 Å². The van der Waals surface area contributed by atoms with Gasteiger partial charge in [-0.05, 0) is 57.8 Å². The zero-order valence-corrected chi connectivity index (χ0v) is 23.5. The molecule has 0 aromatic heterocycles. The molecule has 1 unspecified atom stereocenters. The summed E-state index contributed by atoms with van der Waals surface area (Å²) in [7, 11) is 2.92. The van der Waals surface area contributed by atoms with Gasteiger partial charge in [-0.2, -0.15) is 0 Å². The van der Waals surface area contributed by atoms with Crippen LogP contribution in [0.1, 0.15) is 71.1 Å². The van der Waals surface area contributed by atoms with E-state index in [0.717, 1.165) is 57.4 Å². The van der Waals surface area contributed by atoms with Crippen molar-refractivity contribution in [1.82, 2.24) is 9.80 Å². The SMILES string of the molecule is CCC=CCC=CCC=CCC=CCC=CCC=CCCC(=O)N1CCCC1N(C)C(=O)C=CC(=O)OC. The number of ether oxygens (including phenoxy) is 1. The Bertz CT molecular complexity index is 908. The molecule has 0 aromatic rings. The molecular formula is C32H46N2O4. The third kappa shape index (κ3) is 15.0. The van der Waals surface area contributed by atoms with E-state index in [0.29, 0.717) is 19.4 Å². The van der Waals surface area contributed by atoms with E-state index in [2.05, 4.69) is 78.5 Å². The van der Waals surface area contributed by atoms with Crippen molar-refractivity contribution in [1.29, 1.82) is 0 Å². The van der Waals surface area contributed by atoms with Crippen LogP contribution < -0.4 is 0 Å². The zero-order chi connectivity index (χ0) is 27.8. The summed E-state index contributed by atoms with van der Waals surface area (Å²) in [4.78, 5) is 39.5. The minimum Gasteiger partial charge on any atom is -0.466 e. The van der Waals surface area contributed by atoms with E-state index in [1.807, 2.05) is 6.08 Å². The van der Waals surface area contributed by atoms with Crippen LogP contribution in [0.5, 0.6) is 0 Å². The van der Waals surface area contributed by atoms with Crippen molar-refractivity contribution in [3.8, 4) is 0 Å². The molecule has 0 radical (unpaired) electrons. The maximum absolute atomic E-state index is 12.7. The molecule has 1 rings (SSSR count). The molecule has 1 aliphatic rings. The lowest BCUT2D eigenvalue weighted by atomic mass is 10.2. The fourth-order valence-electron chi connectivity index (χ4n) is 3.90. The van der Waals surface area contributed by atoms with Crippen molar-refractivity contribution >= 4 is 17.8 Å². The normalized spacial score (nSPS) is 16.6. The van der Waals surface area contributed by atoms with Gasteiger partial charge >= 0.3 is 5.97 Å². The summed E-state index contributed by atoms with van der Waals surface area (Å²) < 4.78 is 4.51. The van der Waals surface area contributed by atoms with E-state index >= 15 is 0 Å². The second kappa shape index (κ2) is 21.7. The van der Waals surface area contributed by atoms with Crippen molar-refractivity contribution in [2.75, 3.05) is 20.7 Å². The van der Waals surface area contributed by atoms with Gasteiger partial charge in [0.2, 0.25) is 11.8 Å². The van der Waals surface area contributed by atoms with Crippen molar-refractivity contribution in [2.45, 2.75) is 77.3 Å². The molecule has 2 amide bonds. The van der Waals surface area contributed by atoms with Crippen LogP contribution in [0.2, 0.25) is 0 Å². The predicted octanol–water partition coefficient (Wildman–Crippen LogP) is 6.60. The number of carbonyl (C=O) groups is 3. The number of amides is 2. The first-order chi connectivity index (χ1) is 18.5. The molecular weight excluding hydrogens is 476 g/mol. The number of esters is 1.